The van der Waals surface area contributed by atoms with Crippen LogP contribution < -0.4 is 0 Å². The van der Waals surface area contributed by atoms with Crippen molar-refractivity contribution in [1.29, 1.82) is 0 Å². The van der Waals surface area contributed by atoms with Gasteiger partial charge in [0.05, 0.1) is 0 Å². The minimum atomic E-state index is -0.781. The molecule has 0 radical (unpaired) electrons. The summed E-state index contributed by atoms with van der Waals surface area (Å²) in [6.07, 6.45) is 7.09. The number of carboxylic acids is 1. The summed E-state index contributed by atoms with van der Waals surface area (Å²) in [5, 5.41) is 8.74. The first kappa shape index (κ1) is 13.2. The van der Waals surface area contributed by atoms with Gasteiger partial charge in [-0.2, -0.15) is 0 Å². The molecule has 2 nitrogen and oxygen atoms in total. The Kier molecular flexibility index (Phi) is 7.17. The van der Waals surface area contributed by atoms with Crippen LogP contribution in [0.1, 0.15) is 59.3 Å². The first-order chi connectivity index (χ1) is 6.59. The van der Waals surface area contributed by atoms with Gasteiger partial charge in [-0.1, -0.05) is 38.2 Å². The van der Waals surface area contributed by atoms with Gasteiger partial charge in [-0.3, -0.25) is 0 Å². The number of allylic oxidation sites excluding steroid dienone is 1. The SMILES string of the molecule is CCCCCCCC(C)=C(C)C(=O)O. The molecule has 0 atom stereocenters. The van der Waals surface area contributed by atoms with Crippen LogP contribution in [0.15, 0.2) is 11.1 Å². The molecule has 0 aliphatic heterocycles. The van der Waals surface area contributed by atoms with Crippen molar-refractivity contribution < 1.29 is 9.90 Å². The maximum absolute atomic E-state index is 10.6. The van der Waals surface area contributed by atoms with E-state index in [9.17, 15) is 4.79 Å². The van der Waals surface area contributed by atoms with Crippen LogP contribution in [0.25, 0.3) is 0 Å². The Balaban J connectivity index is 3.68. The van der Waals surface area contributed by atoms with Crippen LogP contribution in [-0.2, 0) is 4.79 Å². The second-order valence-corrected chi connectivity index (χ2v) is 3.87. The average molecular weight is 198 g/mol. The van der Waals surface area contributed by atoms with Crippen LogP contribution in [-0.4, -0.2) is 11.1 Å². The molecule has 0 bridgehead atoms. The van der Waals surface area contributed by atoms with Crippen LogP contribution in [0, 0.1) is 0 Å². The van der Waals surface area contributed by atoms with Gasteiger partial charge in [-0.05, 0) is 26.7 Å². The van der Waals surface area contributed by atoms with E-state index in [1.807, 2.05) is 6.92 Å². The van der Waals surface area contributed by atoms with Crippen molar-refractivity contribution in [2.24, 2.45) is 0 Å². The molecule has 0 aliphatic carbocycles. The average Bonchev–Trinajstić information content (AvgIpc) is 2.16. The molecule has 0 aromatic heterocycles. The lowest BCUT2D eigenvalue weighted by Crippen LogP contribution is -1.99. The molecule has 0 amide bonds. The predicted molar refractivity (Wildman–Crippen MR) is 59.4 cm³/mol. The quantitative estimate of drug-likeness (QED) is 0.499. The van der Waals surface area contributed by atoms with Gasteiger partial charge in [0.25, 0.3) is 0 Å². The van der Waals surface area contributed by atoms with Crippen LogP contribution in [0.2, 0.25) is 0 Å². The highest BCUT2D eigenvalue weighted by Gasteiger charge is 2.04. The predicted octanol–water partition coefficient (Wildman–Crippen LogP) is 3.77. The van der Waals surface area contributed by atoms with Crippen LogP contribution in [0.5, 0.6) is 0 Å². The van der Waals surface area contributed by atoms with Crippen molar-refractivity contribution in [1.82, 2.24) is 0 Å². The summed E-state index contributed by atoms with van der Waals surface area (Å²) in [5.41, 5.74) is 1.54. The van der Waals surface area contributed by atoms with E-state index in [4.69, 9.17) is 5.11 Å². The minimum Gasteiger partial charge on any atom is -0.478 e. The van der Waals surface area contributed by atoms with E-state index in [1.165, 1.54) is 25.7 Å². The molecule has 1 N–H and O–H groups in total. The summed E-state index contributed by atoms with van der Waals surface area (Å²) < 4.78 is 0. The summed E-state index contributed by atoms with van der Waals surface area (Å²) in [6, 6.07) is 0. The zero-order chi connectivity index (χ0) is 11.0. The zero-order valence-corrected chi connectivity index (χ0v) is 9.60. The van der Waals surface area contributed by atoms with E-state index in [1.54, 1.807) is 6.92 Å². The minimum absolute atomic E-state index is 0.514. The molecule has 14 heavy (non-hydrogen) atoms. The van der Waals surface area contributed by atoms with Gasteiger partial charge >= 0.3 is 5.97 Å². The lowest BCUT2D eigenvalue weighted by molar-refractivity contribution is -0.132. The van der Waals surface area contributed by atoms with Crippen LogP contribution in [0.3, 0.4) is 0 Å². The fourth-order valence-electron chi connectivity index (χ4n) is 1.36. The molecule has 0 heterocycles. The molecule has 0 saturated carbocycles. The maximum atomic E-state index is 10.6. The monoisotopic (exact) mass is 198 g/mol. The summed E-state index contributed by atoms with van der Waals surface area (Å²) in [4.78, 5) is 10.6. The number of aliphatic carboxylic acids is 1. The van der Waals surface area contributed by atoms with Crippen molar-refractivity contribution in [2.45, 2.75) is 59.3 Å². The van der Waals surface area contributed by atoms with E-state index in [2.05, 4.69) is 6.92 Å². The Bertz CT molecular complexity index is 204. The van der Waals surface area contributed by atoms with Crippen LogP contribution >= 0.6 is 0 Å². The standard InChI is InChI=1S/C12H22O2/c1-4-5-6-7-8-9-10(2)11(3)12(13)14/h4-9H2,1-3H3,(H,13,14). The summed E-state index contributed by atoms with van der Waals surface area (Å²) in [5.74, 6) is -0.781. The zero-order valence-electron chi connectivity index (χ0n) is 9.60. The molecule has 2 heteroatoms. The number of unbranched alkanes of at least 4 members (excludes halogenated alkanes) is 4. The van der Waals surface area contributed by atoms with Gasteiger partial charge < -0.3 is 5.11 Å². The smallest absolute Gasteiger partial charge is 0.331 e. The second kappa shape index (κ2) is 7.60. The Morgan fingerprint density at radius 1 is 1.07 bits per heavy atom. The van der Waals surface area contributed by atoms with E-state index in [-0.39, 0.29) is 0 Å². The topological polar surface area (TPSA) is 37.3 Å². The highest BCUT2D eigenvalue weighted by atomic mass is 16.4. The Hall–Kier alpha value is -0.790. The largest absolute Gasteiger partial charge is 0.478 e. The molecule has 0 aromatic rings. The van der Waals surface area contributed by atoms with Crippen molar-refractivity contribution in [3.8, 4) is 0 Å². The second-order valence-electron chi connectivity index (χ2n) is 3.87. The van der Waals surface area contributed by atoms with Gasteiger partial charge in [0.1, 0.15) is 0 Å². The van der Waals surface area contributed by atoms with Crippen molar-refractivity contribution in [3.05, 3.63) is 11.1 Å². The molecular weight excluding hydrogens is 176 g/mol. The number of rotatable bonds is 7. The van der Waals surface area contributed by atoms with Crippen molar-refractivity contribution in [3.63, 3.8) is 0 Å². The molecule has 0 saturated heterocycles. The van der Waals surface area contributed by atoms with E-state index >= 15 is 0 Å². The van der Waals surface area contributed by atoms with E-state index < -0.39 is 5.97 Å². The highest BCUT2D eigenvalue weighted by Crippen LogP contribution is 2.14. The molecular formula is C12H22O2. The Labute approximate surface area is 87.0 Å². The van der Waals surface area contributed by atoms with Gasteiger partial charge in [-0.25, -0.2) is 4.79 Å². The van der Waals surface area contributed by atoms with Gasteiger partial charge in [0, 0.05) is 5.57 Å². The summed E-state index contributed by atoms with van der Waals surface area (Å²) in [6.45, 7) is 5.80. The fourth-order valence-corrected chi connectivity index (χ4v) is 1.36. The Morgan fingerprint density at radius 3 is 2.14 bits per heavy atom. The lowest BCUT2D eigenvalue weighted by Gasteiger charge is -2.03. The molecule has 0 spiro atoms. The third kappa shape index (κ3) is 5.79. The first-order valence-electron chi connectivity index (χ1n) is 5.49. The molecule has 0 fully saturated rings. The van der Waals surface area contributed by atoms with E-state index in [0.29, 0.717) is 5.57 Å². The molecule has 0 unspecified atom stereocenters. The maximum Gasteiger partial charge on any atom is 0.331 e. The van der Waals surface area contributed by atoms with Crippen LogP contribution in [0.4, 0.5) is 0 Å². The van der Waals surface area contributed by atoms with Gasteiger partial charge in [0.2, 0.25) is 0 Å². The Morgan fingerprint density at radius 2 is 1.64 bits per heavy atom. The third-order valence-electron chi connectivity index (χ3n) is 2.62. The number of hydrogen-bond donors (Lipinski definition) is 1. The fraction of sp³-hybridized carbons (Fsp3) is 0.750. The molecule has 0 rings (SSSR count). The molecule has 82 valence electrons. The molecule has 0 aromatic carbocycles. The van der Waals surface area contributed by atoms with Crippen molar-refractivity contribution in [2.75, 3.05) is 0 Å². The van der Waals surface area contributed by atoms with Gasteiger partial charge in [0.15, 0.2) is 0 Å². The normalized spacial score (nSPS) is 12.5. The lowest BCUT2D eigenvalue weighted by atomic mass is 10.0. The third-order valence-corrected chi connectivity index (χ3v) is 2.62. The number of hydrogen-bond acceptors (Lipinski definition) is 1. The highest BCUT2D eigenvalue weighted by molar-refractivity contribution is 5.86. The number of carbonyl (C=O) groups is 1. The summed E-state index contributed by atoms with van der Waals surface area (Å²) >= 11 is 0. The van der Waals surface area contributed by atoms with Crippen molar-refractivity contribution >= 4 is 5.97 Å². The number of carboxylic acid groups (broad SMARTS) is 1. The summed E-state index contributed by atoms with van der Waals surface area (Å²) in [7, 11) is 0. The van der Waals surface area contributed by atoms with E-state index in [0.717, 1.165) is 18.4 Å². The molecule has 0 aliphatic rings. The first-order valence-corrected chi connectivity index (χ1v) is 5.49. The van der Waals surface area contributed by atoms with Gasteiger partial charge in [-0.15, -0.1) is 0 Å².